The van der Waals surface area contributed by atoms with Crippen molar-refractivity contribution < 1.29 is 4.79 Å². The Hall–Kier alpha value is -1.07. The number of nitrogens with one attached hydrogen (secondary N) is 2. The van der Waals surface area contributed by atoms with Crippen molar-refractivity contribution in [2.75, 3.05) is 18.4 Å². The van der Waals surface area contributed by atoms with E-state index in [-0.39, 0.29) is 24.2 Å². The quantitative estimate of drug-likeness (QED) is 0.844. The van der Waals surface area contributed by atoms with Crippen LogP contribution < -0.4 is 10.6 Å². The maximum absolute atomic E-state index is 11.7. The topological polar surface area (TPSA) is 59.0 Å². The molecule has 2 N–H and O–H groups in total. The minimum Gasteiger partial charge on any atom is -0.315 e. The molecule has 6 heteroatoms. The van der Waals surface area contributed by atoms with Crippen LogP contribution in [0, 0.1) is 5.92 Å². The maximum atomic E-state index is 11.7. The zero-order valence-corrected chi connectivity index (χ0v) is 10.6. The van der Waals surface area contributed by atoms with Gasteiger partial charge in [0.2, 0.25) is 5.91 Å². The number of aryl methyl sites for hydroxylation is 1. The highest BCUT2D eigenvalue weighted by Crippen LogP contribution is 2.40. The number of rotatable bonds is 3. The lowest BCUT2D eigenvalue weighted by molar-refractivity contribution is -0.121. The van der Waals surface area contributed by atoms with Crippen LogP contribution in [0.4, 0.5) is 5.82 Å². The highest BCUT2D eigenvalue weighted by atomic mass is 35.5. The number of carbonyl (C=O) groups is 1. The summed E-state index contributed by atoms with van der Waals surface area (Å²) >= 11 is 0. The van der Waals surface area contributed by atoms with Gasteiger partial charge in [-0.05, 0) is 12.8 Å². The van der Waals surface area contributed by atoms with Gasteiger partial charge in [-0.1, -0.05) is 0 Å². The van der Waals surface area contributed by atoms with Crippen molar-refractivity contribution in [1.82, 2.24) is 15.1 Å². The Bertz CT molecular complexity index is 423. The van der Waals surface area contributed by atoms with Crippen LogP contribution >= 0.6 is 12.4 Å². The third-order valence-electron chi connectivity index (χ3n) is 3.32. The molecule has 2 heterocycles. The van der Waals surface area contributed by atoms with E-state index >= 15 is 0 Å². The number of amides is 1. The van der Waals surface area contributed by atoms with Crippen molar-refractivity contribution in [2.24, 2.45) is 13.0 Å². The third-order valence-corrected chi connectivity index (χ3v) is 3.32. The number of halogens is 1. The lowest BCUT2D eigenvalue weighted by atomic mass is 10.0. The molecule has 17 heavy (non-hydrogen) atoms. The Labute approximate surface area is 106 Å². The Kier molecular flexibility index (Phi) is 3.40. The molecule has 2 aliphatic rings. The van der Waals surface area contributed by atoms with E-state index in [2.05, 4.69) is 15.7 Å². The van der Waals surface area contributed by atoms with Crippen LogP contribution in [0.1, 0.15) is 24.5 Å². The van der Waals surface area contributed by atoms with E-state index in [1.165, 1.54) is 18.5 Å². The van der Waals surface area contributed by atoms with Gasteiger partial charge in [0.15, 0.2) is 5.82 Å². The predicted octanol–water partition coefficient (Wildman–Crippen LogP) is 0.877. The molecule has 1 aromatic heterocycles. The highest BCUT2D eigenvalue weighted by molar-refractivity contribution is 5.92. The van der Waals surface area contributed by atoms with E-state index in [1.54, 1.807) is 0 Å². The molecule has 0 aromatic carbocycles. The summed E-state index contributed by atoms with van der Waals surface area (Å²) in [5.41, 5.74) is 1.24. The third kappa shape index (κ3) is 2.45. The highest BCUT2D eigenvalue weighted by Gasteiger charge is 2.29. The zero-order valence-electron chi connectivity index (χ0n) is 9.77. The van der Waals surface area contributed by atoms with Crippen molar-refractivity contribution >= 4 is 24.1 Å². The SMILES string of the molecule is Cl.Cn1nc(NC(=O)C2CNC2)cc1C1CC1. The second kappa shape index (κ2) is 4.66. The Morgan fingerprint density at radius 2 is 2.24 bits per heavy atom. The van der Waals surface area contributed by atoms with Gasteiger partial charge in [0.1, 0.15) is 0 Å². The Balaban J connectivity index is 0.00000108. The molecular weight excluding hydrogens is 240 g/mol. The molecule has 94 valence electrons. The second-order valence-electron chi connectivity index (χ2n) is 4.70. The molecule has 0 spiro atoms. The first kappa shape index (κ1) is 12.4. The summed E-state index contributed by atoms with van der Waals surface area (Å²) in [6.07, 6.45) is 2.50. The summed E-state index contributed by atoms with van der Waals surface area (Å²) in [5.74, 6) is 1.56. The molecule has 1 aliphatic carbocycles. The van der Waals surface area contributed by atoms with E-state index in [9.17, 15) is 4.79 Å². The fourth-order valence-electron chi connectivity index (χ4n) is 2.01. The van der Waals surface area contributed by atoms with Crippen LogP contribution in [-0.4, -0.2) is 28.8 Å². The van der Waals surface area contributed by atoms with Crippen LogP contribution in [0.3, 0.4) is 0 Å². The fourth-order valence-corrected chi connectivity index (χ4v) is 2.01. The lowest BCUT2D eigenvalue weighted by Gasteiger charge is -2.25. The van der Waals surface area contributed by atoms with Crippen LogP contribution in [0.25, 0.3) is 0 Å². The van der Waals surface area contributed by atoms with Gasteiger partial charge in [0.25, 0.3) is 0 Å². The number of nitrogens with zero attached hydrogens (tertiary/aromatic N) is 2. The molecule has 1 saturated heterocycles. The number of hydrogen-bond acceptors (Lipinski definition) is 3. The van der Waals surface area contributed by atoms with Gasteiger partial charge in [0.05, 0.1) is 5.92 Å². The minimum absolute atomic E-state index is 0. The molecule has 1 saturated carbocycles. The first-order valence-corrected chi connectivity index (χ1v) is 5.79. The fraction of sp³-hybridized carbons (Fsp3) is 0.636. The molecule has 0 bridgehead atoms. The first-order chi connectivity index (χ1) is 7.74. The molecule has 5 nitrogen and oxygen atoms in total. The van der Waals surface area contributed by atoms with Crippen molar-refractivity contribution in [3.05, 3.63) is 11.8 Å². The van der Waals surface area contributed by atoms with Crippen molar-refractivity contribution in [3.63, 3.8) is 0 Å². The van der Waals surface area contributed by atoms with Crippen molar-refractivity contribution in [3.8, 4) is 0 Å². The number of aromatic nitrogens is 2. The standard InChI is InChI=1S/C11H16N4O.ClH/c1-15-9(7-2-3-7)4-10(14-15)13-11(16)8-5-12-6-8;/h4,7-8,12H,2-3,5-6H2,1H3,(H,13,14,16);1H. The number of hydrogen-bond donors (Lipinski definition) is 2. The Morgan fingerprint density at radius 1 is 1.53 bits per heavy atom. The van der Waals surface area contributed by atoms with Gasteiger partial charge in [-0.3, -0.25) is 9.48 Å². The second-order valence-corrected chi connectivity index (χ2v) is 4.70. The zero-order chi connectivity index (χ0) is 11.1. The average molecular weight is 257 g/mol. The normalized spacial score (nSPS) is 19.4. The summed E-state index contributed by atoms with van der Waals surface area (Å²) < 4.78 is 1.88. The Morgan fingerprint density at radius 3 is 2.76 bits per heavy atom. The lowest BCUT2D eigenvalue weighted by Crippen LogP contribution is -2.48. The molecule has 0 radical (unpaired) electrons. The van der Waals surface area contributed by atoms with Gasteiger partial charge in [-0.2, -0.15) is 5.10 Å². The van der Waals surface area contributed by atoms with Crippen LogP contribution in [0.15, 0.2) is 6.07 Å². The molecule has 2 fully saturated rings. The summed E-state index contributed by atoms with van der Waals surface area (Å²) in [6.45, 7) is 1.57. The largest absolute Gasteiger partial charge is 0.315 e. The van der Waals surface area contributed by atoms with E-state index in [4.69, 9.17) is 0 Å². The predicted molar refractivity (Wildman–Crippen MR) is 67.4 cm³/mol. The molecule has 3 rings (SSSR count). The van der Waals surface area contributed by atoms with Crippen LogP contribution in [-0.2, 0) is 11.8 Å². The summed E-state index contributed by atoms with van der Waals surface area (Å²) in [7, 11) is 1.94. The van der Waals surface area contributed by atoms with Gasteiger partial charge >= 0.3 is 0 Å². The molecule has 1 aliphatic heterocycles. The monoisotopic (exact) mass is 256 g/mol. The smallest absolute Gasteiger partial charge is 0.231 e. The van der Waals surface area contributed by atoms with Crippen LogP contribution in [0.5, 0.6) is 0 Å². The van der Waals surface area contributed by atoms with E-state index in [0.29, 0.717) is 11.7 Å². The maximum Gasteiger partial charge on any atom is 0.231 e. The minimum atomic E-state index is 0. The summed E-state index contributed by atoms with van der Waals surface area (Å²) in [5, 5.41) is 10.3. The summed E-state index contributed by atoms with van der Waals surface area (Å²) in [4.78, 5) is 11.7. The molecule has 1 aromatic rings. The van der Waals surface area contributed by atoms with Gasteiger partial charge in [-0.25, -0.2) is 0 Å². The summed E-state index contributed by atoms with van der Waals surface area (Å²) in [6, 6.07) is 2.00. The van der Waals surface area contributed by atoms with Gasteiger partial charge < -0.3 is 10.6 Å². The number of anilines is 1. The molecular formula is C11H17ClN4O. The molecule has 0 atom stereocenters. The van der Waals surface area contributed by atoms with E-state index in [0.717, 1.165) is 13.1 Å². The molecule has 0 unspecified atom stereocenters. The van der Waals surface area contributed by atoms with Gasteiger partial charge in [-0.15, -0.1) is 12.4 Å². The van der Waals surface area contributed by atoms with E-state index in [1.807, 2.05) is 17.8 Å². The number of carbonyl (C=O) groups excluding carboxylic acids is 1. The average Bonchev–Trinajstić information content (AvgIpc) is 2.89. The van der Waals surface area contributed by atoms with E-state index < -0.39 is 0 Å². The van der Waals surface area contributed by atoms with Crippen molar-refractivity contribution in [1.29, 1.82) is 0 Å². The van der Waals surface area contributed by atoms with Crippen LogP contribution in [0.2, 0.25) is 0 Å². The first-order valence-electron chi connectivity index (χ1n) is 5.79. The van der Waals surface area contributed by atoms with Crippen molar-refractivity contribution in [2.45, 2.75) is 18.8 Å². The van der Waals surface area contributed by atoms with Gasteiger partial charge in [0, 0.05) is 37.8 Å². The molecule has 1 amide bonds.